The van der Waals surface area contributed by atoms with Gasteiger partial charge in [0.25, 0.3) is 0 Å². The summed E-state index contributed by atoms with van der Waals surface area (Å²) in [5.74, 6) is 0.0247. The first-order valence-electron chi connectivity index (χ1n) is 9.03. The molecule has 0 unspecified atom stereocenters. The van der Waals surface area contributed by atoms with E-state index in [1.807, 2.05) is 58.0 Å². The van der Waals surface area contributed by atoms with Gasteiger partial charge in [-0.15, -0.1) is 0 Å². The van der Waals surface area contributed by atoms with Gasteiger partial charge in [0.15, 0.2) is 5.78 Å². The molecule has 3 aromatic rings. The predicted octanol–water partition coefficient (Wildman–Crippen LogP) is 4.49. The maximum absolute atomic E-state index is 12.7. The summed E-state index contributed by atoms with van der Waals surface area (Å²) >= 11 is 0. The fraction of sp³-hybridized carbons (Fsp3) is 0.318. The molecule has 3 nitrogen and oxygen atoms in total. The van der Waals surface area contributed by atoms with Crippen LogP contribution in [0.15, 0.2) is 48.5 Å². The minimum Gasteiger partial charge on any atom is -0.399 e. The normalized spacial score (nSPS) is 18.6. The van der Waals surface area contributed by atoms with Gasteiger partial charge in [-0.1, -0.05) is 48.5 Å². The van der Waals surface area contributed by atoms with Crippen LogP contribution >= 0.6 is 0 Å². The maximum Gasteiger partial charge on any atom is 0.496 e. The molecule has 3 aromatic carbocycles. The Kier molecular flexibility index (Phi) is 3.76. The largest absolute Gasteiger partial charge is 0.496 e. The Balaban J connectivity index is 2.11. The van der Waals surface area contributed by atoms with Crippen LogP contribution in [-0.2, 0) is 9.31 Å². The molecule has 4 heteroatoms. The molecule has 1 heterocycles. The van der Waals surface area contributed by atoms with Crippen LogP contribution in [0.25, 0.3) is 21.5 Å². The van der Waals surface area contributed by atoms with Crippen LogP contribution in [0.4, 0.5) is 0 Å². The first kappa shape index (κ1) is 17.3. The van der Waals surface area contributed by atoms with Gasteiger partial charge in [-0.05, 0) is 56.2 Å². The van der Waals surface area contributed by atoms with Crippen LogP contribution < -0.4 is 5.46 Å². The molecule has 0 aliphatic carbocycles. The van der Waals surface area contributed by atoms with Crippen molar-refractivity contribution in [2.75, 3.05) is 0 Å². The number of Topliss-reactive ketones (excluding diaryl/α,β-unsaturated/α-hetero) is 1. The number of ketones is 1. The van der Waals surface area contributed by atoms with Crippen LogP contribution in [0, 0.1) is 0 Å². The number of carbonyl (C=O) groups is 1. The fourth-order valence-electron chi connectivity index (χ4n) is 3.75. The molecule has 4 rings (SSSR count). The number of hydrogen-bond donors (Lipinski definition) is 0. The second-order valence-corrected chi connectivity index (χ2v) is 8.02. The zero-order valence-corrected chi connectivity index (χ0v) is 15.9. The monoisotopic (exact) mass is 346 g/mol. The van der Waals surface area contributed by atoms with E-state index in [1.54, 1.807) is 6.92 Å². The van der Waals surface area contributed by atoms with Gasteiger partial charge in [-0.3, -0.25) is 4.79 Å². The molecule has 0 amide bonds. The van der Waals surface area contributed by atoms with E-state index in [4.69, 9.17) is 9.31 Å². The van der Waals surface area contributed by atoms with Gasteiger partial charge < -0.3 is 9.31 Å². The topological polar surface area (TPSA) is 35.5 Å². The zero-order valence-electron chi connectivity index (χ0n) is 15.9. The molecule has 0 bridgehead atoms. The number of benzene rings is 3. The number of carbonyl (C=O) groups excluding carboxylic acids is 1. The quantitative estimate of drug-likeness (QED) is 0.389. The Labute approximate surface area is 154 Å². The third-order valence-electron chi connectivity index (χ3n) is 5.81. The van der Waals surface area contributed by atoms with Crippen molar-refractivity contribution >= 4 is 39.9 Å². The molecule has 0 saturated carbocycles. The van der Waals surface area contributed by atoms with E-state index in [9.17, 15) is 4.79 Å². The molecule has 1 aliphatic rings. The van der Waals surface area contributed by atoms with Crippen molar-refractivity contribution in [3.05, 3.63) is 54.1 Å². The molecule has 0 radical (unpaired) electrons. The van der Waals surface area contributed by atoms with Crippen molar-refractivity contribution in [3.8, 4) is 0 Å². The minimum atomic E-state index is -0.576. The molecule has 0 aromatic heterocycles. The lowest BCUT2D eigenvalue weighted by Gasteiger charge is -2.32. The molecule has 1 fully saturated rings. The van der Waals surface area contributed by atoms with Gasteiger partial charge >= 0.3 is 7.12 Å². The molecular weight excluding hydrogens is 323 g/mol. The summed E-state index contributed by atoms with van der Waals surface area (Å²) in [4.78, 5) is 12.7. The van der Waals surface area contributed by atoms with Gasteiger partial charge in [0.1, 0.15) is 0 Å². The molecular formula is C22H23BO3. The van der Waals surface area contributed by atoms with Gasteiger partial charge in [-0.2, -0.15) is 0 Å². The van der Waals surface area contributed by atoms with Crippen molar-refractivity contribution in [2.45, 2.75) is 45.8 Å². The van der Waals surface area contributed by atoms with Crippen LogP contribution in [0.5, 0.6) is 0 Å². The van der Waals surface area contributed by atoms with Gasteiger partial charge in [0.2, 0.25) is 0 Å². The van der Waals surface area contributed by atoms with Crippen molar-refractivity contribution in [1.82, 2.24) is 0 Å². The molecule has 1 aliphatic heterocycles. The highest BCUT2D eigenvalue weighted by Crippen LogP contribution is 2.38. The van der Waals surface area contributed by atoms with Crippen LogP contribution in [-0.4, -0.2) is 24.1 Å². The summed E-state index contributed by atoms with van der Waals surface area (Å²) in [5.41, 5.74) is 0.611. The molecule has 0 N–H and O–H groups in total. The van der Waals surface area contributed by atoms with Crippen LogP contribution in [0.1, 0.15) is 45.0 Å². The lowest BCUT2D eigenvalue weighted by molar-refractivity contribution is 0.00578. The average molecular weight is 346 g/mol. The van der Waals surface area contributed by atoms with Crippen molar-refractivity contribution < 1.29 is 14.1 Å². The standard InChI is InChI=1S/C22H23BO3/c1-14(24)19-17-12-8-6-10-15(17)16-11-7-9-13-18(16)20(19)23-25-21(2,3)22(4,5)26-23/h6-13H,1-5H3. The van der Waals surface area contributed by atoms with E-state index in [0.717, 1.165) is 27.0 Å². The first-order valence-corrected chi connectivity index (χ1v) is 9.03. The second kappa shape index (κ2) is 5.67. The van der Waals surface area contributed by atoms with E-state index >= 15 is 0 Å². The first-order chi connectivity index (χ1) is 12.2. The Morgan fingerprint density at radius 1 is 0.769 bits per heavy atom. The van der Waals surface area contributed by atoms with Crippen LogP contribution in [0.3, 0.4) is 0 Å². The van der Waals surface area contributed by atoms with E-state index in [-0.39, 0.29) is 5.78 Å². The highest BCUT2D eigenvalue weighted by molar-refractivity contribution is 6.68. The number of rotatable bonds is 2. The van der Waals surface area contributed by atoms with Gasteiger partial charge in [-0.25, -0.2) is 0 Å². The maximum atomic E-state index is 12.7. The third kappa shape index (κ3) is 2.40. The highest BCUT2D eigenvalue weighted by atomic mass is 16.7. The van der Waals surface area contributed by atoms with Crippen LogP contribution in [0.2, 0.25) is 0 Å². The summed E-state index contributed by atoms with van der Waals surface area (Å²) in [6.45, 7) is 9.74. The smallest absolute Gasteiger partial charge is 0.399 e. The summed E-state index contributed by atoms with van der Waals surface area (Å²) in [7, 11) is -0.576. The van der Waals surface area contributed by atoms with E-state index in [1.165, 1.54) is 0 Å². The Bertz CT molecular complexity index is 1020. The Morgan fingerprint density at radius 3 is 1.69 bits per heavy atom. The Morgan fingerprint density at radius 2 is 1.19 bits per heavy atom. The zero-order chi connectivity index (χ0) is 18.7. The molecule has 0 atom stereocenters. The molecule has 0 spiro atoms. The SMILES string of the molecule is CC(=O)c1c(B2OC(C)(C)C(C)(C)O2)c2ccccc2c2ccccc12. The summed E-state index contributed by atoms with van der Waals surface area (Å²) < 4.78 is 12.6. The molecule has 1 saturated heterocycles. The number of hydrogen-bond acceptors (Lipinski definition) is 3. The minimum absolute atomic E-state index is 0.0247. The lowest BCUT2D eigenvalue weighted by Crippen LogP contribution is -2.41. The molecule has 26 heavy (non-hydrogen) atoms. The summed E-state index contributed by atoms with van der Waals surface area (Å²) in [6, 6.07) is 16.2. The highest BCUT2D eigenvalue weighted by Gasteiger charge is 2.53. The van der Waals surface area contributed by atoms with E-state index in [2.05, 4.69) is 18.2 Å². The second-order valence-electron chi connectivity index (χ2n) is 8.02. The van der Waals surface area contributed by atoms with Crippen molar-refractivity contribution in [1.29, 1.82) is 0 Å². The van der Waals surface area contributed by atoms with E-state index in [0.29, 0.717) is 5.56 Å². The fourth-order valence-corrected chi connectivity index (χ4v) is 3.75. The van der Waals surface area contributed by atoms with Crippen molar-refractivity contribution in [2.24, 2.45) is 0 Å². The lowest BCUT2D eigenvalue weighted by atomic mass is 9.70. The van der Waals surface area contributed by atoms with E-state index < -0.39 is 18.3 Å². The summed E-state index contributed by atoms with van der Waals surface area (Å²) in [5, 5.41) is 4.14. The third-order valence-corrected chi connectivity index (χ3v) is 5.81. The summed E-state index contributed by atoms with van der Waals surface area (Å²) in [6.07, 6.45) is 0. The van der Waals surface area contributed by atoms with Gasteiger partial charge in [0.05, 0.1) is 11.2 Å². The predicted molar refractivity (Wildman–Crippen MR) is 107 cm³/mol. The van der Waals surface area contributed by atoms with Crippen molar-refractivity contribution in [3.63, 3.8) is 0 Å². The Hall–Kier alpha value is -2.17. The van der Waals surface area contributed by atoms with Gasteiger partial charge in [0, 0.05) is 11.0 Å². The molecule has 132 valence electrons. The average Bonchev–Trinajstić information content (AvgIpc) is 2.80. The number of fused-ring (bicyclic) bond motifs is 3.